The van der Waals surface area contributed by atoms with Gasteiger partial charge in [0.25, 0.3) is 0 Å². The highest BCUT2D eigenvalue weighted by molar-refractivity contribution is 5.70. The monoisotopic (exact) mass is 673 g/mol. The molecule has 0 saturated carbocycles. The molecule has 0 N–H and O–H groups in total. The number of unbranched alkanes of at least 4 members (excludes halogenated alkanes) is 10. The zero-order chi connectivity index (χ0) is 35.7. The van der Waals surface area contributed by atoms with Gasteiger partial charge in [0, 0.05) is 19.3 Å². The van der Waals surface area contributed by atoms with Crippen molar-refractivity contribution in [2.75, 3.05) is 41.0 Å². The first kappa shape index (κ1) is 45.0. The van der Waals surface area contributed by atoms with Crippen LogP contribution in [0.3, 0.4) is 0 Å². The number of carbonyl (C=O) groups is 3. The topological polar surface area (TPSA) is 102 Å². The van der Waals surface area contributed by atoms with Crippen LogP contribution in [0.15, 0.2) is 60.8 Å². The minimum absolute atomic E-state index is 0.0206. The lowest BCUT2D eigenvalue weighted by atomic mass is 10.1. The van der Waals surface area contributed by atoms with E-state index >= 15 is 0 Å². The largest absolute Gasteiger partial charge is 0.544 e. The molecule has 0 aliphatic heterocycles. The van der Waals surface area contributed by atoms with Crippen LogP contribution in [-0.4, -0.2) is 75.5 Å². The van der Waals surface area contributed by atoms with Gasteiger partial charge < -0.3 is 28.6 Å². The number of nitrogens with zero attached hydrogens (tertiary/aromatic N) is 1. The fourth-order valence-corrected chi connectivity index (χ4v) is 4.81. The Balaban J connectivity index is 4.54. The number of quaternary nitrogens is 1. The summed E-state index contributed by atoms with van der Waals surface area (Å²) in [4.78, 5) is 36.6. The third-order valence-electron chi connectivity index (χ3n) is 7.73. The second-order valence-corrected chi connectivity index (χ2v) is 13.2. The molecule has 0 fully saturated rings. The highest BCUT2D eigenvalue weighted by Gasteiger charge is 2.25. The molecule has 0 aromatic rings. The number of carbonyl (C=O) groups excluding carboxylic acids is 3. The lowest BCUT2D eigenvalue weighted by Gasteiger charge is -2.34. The Morgan fingerprint density at radius 3 is 1.75 bits per heavy atom. The Labute approximate surface area is 292 Å². The van der Waals surface area contributed by atoms with Gasteiger partial charge in [-0.15, -0.1) is 0 Å². The van der Waals surface area contributed by atoms with E-state index in [9.17, 15) is 19.5 Å². The van der Waals surface area contributed by atoms with Crippen LogP contribution in [0.2, 0.25) is 0 Å². The number of esters is 2. The number of carboxylic acid groups (broad SMARTS) is 1. The third kappa shape index (κ3) is 29.2. The Morgan fingerprint density at radius 2 is 1.17 bits per heavy atom. The number of rotatable bonds is 31. The molecule has 2 atom stereocenters. The third-order valence-corrected chi connectivity index (χ3v) is 7.73. The van der Waals surface area contributed by atoms with Crippen molar-refractivity contribution in [3.8, 4) is 0 Å². The predicted octanol–water partition coefficient (Wildman–Crippen LogP) is 7.74. The quantitative estimate of drug-likeness (QED) is 0.0321. The van der Waals surface area contributed by atoms with E-state index in [0.717, 1.165) is 77.0 Å². The summed E-state index contributed by atoms with van der Waals surface area (Å²) in [5, 5.41) is 11.6. The van der Waals surface area contributed by atoms with E-state index in [1.807, 2.05) is 12.2 Å². The Kier molecular flexibility index (Phi) is 29.4. The van der Waals surface area contributed by atoms with E-state index < -0.39 is 18.1 Å². The first-order chi connectivity index (χ1) is 23.1. The fourth-order valence-electron chi connectivity index (χ4n) is 4.81. The molecule has 0 rings (SSSR count). The molecule has 0 amide bonds. The van der Waals surface area contributed by atoms with Gasteiger partial charge in [-0.1, -0.05) is 113 Å². The van der Waals surface area contributed by atoms with Crippen molar-refractivity contribution in [3.05, 3.63) is 60.8 Å². The van der Waals surface area contributed by atoms with Crippen LogP contribution in [-0.2, 0) is 28.6 Å². The first-order valence-electron chi connectivity index (χ1n) is 18.4. The molecule has 0 spiro atoms. The zero-order valence-corrected chi connectivity index (χ0v) is 30.9. The van der Waals surface area contributed by atoms with Crippen LogP contribution in [0.5, 0.6) is 0 Å². The number of ether oxygens (including phenoxy) is 3. The van der Waals surface area contributed by atoms with Gasteiger partial charge in [-0.25, -0.2) is 0 Å². The van der Waals surface area contributed by atoms with Gasteiger partial charge in [0.15, 0.2) is 6.10 Å². The summed E-state index contributed by atoms with van der Waals surface area (Å²) in [5.41, 5.74) is 0. The average molecular weight is 674 g/mol. The molecule has 274 valence electrons. The van der Waals surface area contributed by atoms with Crippen LogP contribution in [0.1, 0.15) is 123 Å². The lowest BCUT2D eigenvalue weighted by Crippen LogP contribution is -2.55. The van der Waals surface area contributed by atoms with E-state index in [1.165, 1.54) is 12.8 Å². The molecule has 8 nitrogen and oxygen atoms in total. The van der Waals surface area contributed by atoms with Gasteiger partial charge >= 0.3 is 11.9 Å². The van der Waals surface area contributed by atoms with Gasteiger partial charge in [0.2, 0.25) is 0 Å². The summed E-state index contributed by atoms with van der Waals surface area (Å²) >= 11 is 0. The minimum atomic E-state index is -1.14. The number of aliphatic carboxylic acids is 1. The van der Waals surface area contributed by atoms with Crippen LogP contribution in [0.4, 0.5) is 0 Å². The molecule has 0 aliphatic rings. The van der Waals surface area contributed by atoms with Crippen molar-refractivity contribution in [3.63, 3.8) is 0 Å². The van der Waals surface area contributed by atoms with Gasteiger partial charge in [0.1, 0.15) is 12.6 Å². The van der Waals surface area contributed by atoms with E-state index in [2.05, 4.69) is 62.5 Å². The molecular weight excluding hydrogens is 606 g/mol. The van der Waals surface area contributed by atoms with E-state index in [1.54, 1.807) is 21.1 Å². The highest BCUT2D eigenvalue weighted by atomic mass is 16.6. The fraction of sp³-hybridized carbons (Fsp3) is 0.675. The van der Waals surface area contributed by atoms with Crippen molar-refractivity contribution in [1.29, 1.82) is 0 Å². The van der Waals surface area contributed by atoms with Crippen molar-refractivity contribution >= 4 is 17.9 Å². The van der Waals surface area contributed by atoms with Crippen molar-refractivity contribution in [2.45, 2.75) is 135 Å². The normalized spacial score (nSPS) is 13.8. The number of hydrogen-bond donors (Lipinski definition) is 0. The number of allylic oxidation sites excluding steroid dienone is 10. The smallest absolute Gasteiger partial charge is 0.306 e. The second kappa shape index (κ2) is 31.3. The van der Waals surface area contributed by atoms with E-state index in [0.29, 0.717) is 6.42 Å². The lowest BCUT2D eigenvalue weighted by molar-refractivity contribution is -0.889. The second-order valence-electron chi connectivity index (χ2n) is 13.2. The summed E-state index contributed by atoms with van der Waals surface area (Å²) in [6.45, 7) is 4.38. The van der Waals surface area contributed by atoms with E-state index in [4.69, 9.17) is 14.2 Å². The van der Waals surface area contributed by atoms with Crippen molar-refractivity contribution < 1.29 is 38.2 Å². The minimum Gasteiger partial charge on any atom is -0.544 e. The van der Waals surface area contributed by atoms with Gasteiger partial charge in [-0.05, 0) is 51.4 Å². The van der Waals surface area contributed by atoms with Crippen LogP contribution in [0.25, 0.3) is 0 Å². The maximum Gasteiger partial charge on any atom is 0.306 e. The van der Waals surface area contributed by atoms with Crippen molar-refractivity contribution in [2.24, 2.45) is 0 Å². The van der Waals surface area contributed by atoms with Gasteiger partial charge in [-0.3, -0.25) is 9.59 Å². The van der Waals surface area contributed by atoms with Crippen LogP contribution < -0.4 is 5.11 Å². The molecule has 0 bridgehead atoms. The number of likely N-dealkylation sites (N-methyl/N-ethyl adjacent to an activating group) is 1. The first-order valence-corrected chi connectivity index (χ1v) is 18.4. The Morgan fingerprint density at radius 1 is 0.646 bits per heavy atom. The van der Waals surface area contributed by atoms with E-state index in [-0.39, 0.29) is 49.1 Å². The number of carboxylic acids is 1. The molecule has 8 heteroatoms. The molecule has 0 aromatic heterocycles. The summed E-state index contributed by atoms with van der Waals surface area (Å²) in [7, 11) is 5.37. The van der Waals surface area contributed by atoms with Gasteiger partial charge in [-0.2, -0.15) is 0 Å². The summed E-state index contributed by atoms with van der Waals surface area (Å²) in [6, 6.07) is -0.734. The molecule has 48 heavy (non-hydrogen) atoms. The summed E-state index contributed by atoms with van der Waals surface area (Å²) in [6.07, 6.45) is 35.3. The maximum absolute atomic E-state index is 12.6. The standard InChI is InChI=1S/C40H67NO7/c1-6-8-10-12-14-16-18-19-21-23-25-27-29-31-39(43)48-36(34-46-33-32-37(40(44)45)41(3,4)5)35-47-38(42)30-28-26-24-22-20-17-15-13-11-9-7-2/h8,10,12-18,20,36-37H,6-7,9,11,19,21-35H2,1-5H3/b10-8+,14-12+,15-13+,18-16+,20-17+. The van der Waals surface area contributed by atoms with Gasteiger partial charge in [0.05, 0.1) is 40.3 Å². The molecule has 0 heterocycles. The Hall–Kier alpha value is -2.97. The summed E-state index contributed by atoms with van der Waals surface area (Å²) < 4.78 is 17.0. The molecule has 0 saturated heterocycles. The highest BCUT2D eigenvalue weighted by Crippen LogP contribution is 2.12. The summed E-state index contributed by atoms with van der Waals surface area (Å²) in [5.74, 6) is -1.81. The van der Waals surface area contributed by atoms with Crippen molar-refractivity contribution in [1.82, 2.24) is 0 Å². The molecular formula is C40H67NO7. The van der Waals surface area contributed by atoms with Crippen LogP contribution in [0, 0.1) is 0 Å². The predicted molar refractivity (Wildman–Crippen MR) is 194 cm³/mol. The molecule has 0 radical (unpaired) electrons. The van der Waals surface area contributed by atoms with Crippen LogP contribution >= 0.6 is 0 Å². The SMILES string of the molecule is CC/C=C/C=C/C=C/CCCCCCCC(=O)OC(COCCC(C(=O)[O-])[N+](C)(C)C)COC(=O)CCCCC/C=C/C=C/CCCC. The molecule has 2 unspecified atom stereocenters. The Bertz CT molecular complexity index is 975. The number of hydrogen-bond acceptors (Lipinski definition) is 7. The molecule has 0 aromatic carbocycles. The average Bonchev–Trinajstić information content (AvgIpc) is 3.03. The maximum atomic E-state index is 12.6. The molecule has 0 aliphatic carbocycles. The zero-order valence-electron chi connectivity index (χ0n) is 30.9.